The molecule has 100 valence electrons. The molecule has 1 heterocycles. The topological polar surface area (TPSA) is 51.2 Å². The highest BCUT2D eigenvalue weighted by Crippen LogP contribution is 2.33. The van der Waals surface area contributed by atoms with Gasteiger partial charge in [-0.1, -0.05) is 13.8 Å². The van der Waals surface area contributed by atoms with Crippen LogP contribution in [0.4, 0.5) is 5.13 Å². The highest BCUT2D eigenvalue weighted by Gasteiger charge is 2.30. The Kier molecular flexibility index (Phi) is 4.22. The first-order chi connectivity index (χ1) is 8.60. The van der Waals surface area contributed by atoms with E-state index in [1.54, 1.807) is 11.3 Å². The molecule has 1 aromatic rings. The number of esters is 1. The van der Waals surface area contributed by atoms with Gasteiger partial charge in [-0.15, -0.1) is 11.3 Å². The van der Waals surface area contributed by atoms with E-state index in [0.29, 0.717) is 12.0 Å². The fourth-order valence-electron chi connectivity index (χ4n) is 2.40. The van der Waals surface area contributed by atoms with E-state index in [-0.39, 0.29) is 12.4 Å². The molecule has 1 aliphatic carbocycles. The number of methoxy groups -OCH3 is 1. The number of thiazole rings is 1. The van der Waals surface area contributed by atoms with Gasteiger partial charge in [0, 0.05) is 11.4 Å². The smallest absolute Gasteiger partial charge is 0.311 e. The zero-order valence-corrected chi connectivity index (χ0v) is 11.9. The van der Waals surface area contributed by atoms with Crippen molar-refractivity contribution < 1.29 is 9.53 Å². The summed E-state index contributed by atoms with van der Waals surface area (Å²) in [7, 11) is 1.40. The lowest BCUT2D eigenvalue weighted by Crippen LogP contribution is -2.23. The molecule has 0 aromatic carbocycles. The van der Waals surface area contributed by atoms with Gasteiger partial charge in [-0.2, -0.15) is 0 Å². The normalized spacial score (nSPS) is 27.2. The maximum absolute atomic E-state index is 11.2. The third-order valence-corrected chi connectivity index (χ3v) is 4.70. The van der Waals surface area contributed by atoms with Crippen LogP contribution >= 0.6 is 11.3 Å². The number of nitrogens with zero attached hydrogens (tertiary/aromatic N) is 1. The second-order valence-corrected chi connectivity index (χ2v) is 5.92. The van der Waals surface area contributed by atoms with Crippen LogP contribution in [0.1, 0.15) is 32.4 Å². The van der Waals surface area contributed by atoms with Gasteiger partial charge in [0.25, 0.3) is 0 Å². The lowest BCUT2D eigenvalue weighted by Gasteiger charge is -2.18. The molecule has 0 saturated heterocycles. The average molecular weight is 268 g/mol. The van der Waals surface area contributed by atoms with Gasteiger partial charge in [-0.05, 0) is 24.7 Å². The fourth-order valence-corrected chi connectivity index (χ4v) is 3.17. The Balaban J connectivity index is 1.92. The molecule has 0 spiro atoms. The van der Waals surface area contributed by atoms with Crippen molar-refractivity contribution in [3.8, 4) is 0 Å². The highest BCUT2D eigenvalue weighted by atomic mass is 32.1. The zero-order chi connectivity index (χ0) is 13.1. The zero-order valence-electron chi connectivity index (χ0n) is 11.1. The first-order valence-electron chi connectivity index (χ1n) is 6.38. The monoisotopic (exact) mass is 268 g/mol. The van der Waals surface area contributed by atoms with Crippen LogP contribution < -0.4 is 5.32 Å². The number of aromatic nitrogens is 1. The Labute approximate surface area is 112 Å². The van der Waals surface area contributed by atoms with Crippen LogP contribution in [-0.2, 0) is 16.0 Å². The van der Waals surface area contributed by atoms with Gasteiger partial charge in [-0.3, -0.25) is 4.79 Å². The Morgan fingerprint density at radius 1 is 1.56 bits per heavy atom. The number of anilines is 1. The summed E-state index contributed by atoms with van der Waals surface area (Å²) in [5.74, 6) is 1.21. The van der Waals surface area contributed by atoms with Gasteiger partial charge >= 0.3 is 5.97 Å². The molecule has 5 heteroatoms. The van der Waals surface area contributed by atoms with Crippen molar-refractivity contribution in [3.63, 3.8) is 0 Å². The van der Waals surface area contributed by atoms with Gasteiger partial charge in [0.15, 0.2) is 5.13 Å². The lowest BCUT2D eigenvalue weighted by molar-refractivity contribution is -0.139. The van der Waals surface area contributed by atoms with Crippen molar-refractivity contribution >= 4 is 22.4 Å². The Morgan fingerprint density at radius 2 is 2.33 bits per heavy atom. The van der Waals surface area contributed by atoms with Crippen LogP contribution in [0.5, 0.6) is 0 Å². The molecule has 4 nitrogen and oxygen atoms in total. The Hall–Kier alpha value is -1.10. The number of carbonyl (C=O) groups is 1. The maximum Gasteiger partial charge on any atom is 0.311 e. The summed E-state index contributed by atoms with van der Waals surface area (Å²) >= 11 is 1.56. The number of nitrogens with one attached hydrogen (secondary N) is 1. The molecule has 1 aromatic heterocycles. The van der Waals surface area contributed by atoms with Gasteiger partial charge in [0.2, 0.25) is 0 Å². The first kappa shape index (κ1) is 13.3. The summed E-state index contributed by atoms with van der Waals surface area (Å²) < 4.78 is 4.63. The molecule has 3 unspecified atom stereocenters. The van der Waals surface area contributed by atoms with Crippen molar-refractivity contribution in [1.29, 1.82) is 0 Å². The van der Waals surface area contributed by atoms with E-state index in [0.717, 1.165) is 16.7 Å². The van der Waals surface area contributed by atoms with E-state index in [2.05, 4.69) is 28.9 Å². The number of ether oxygens (including phenoxy) is 1. The SMILES string of the molecule is COC(=O)Cc1csc(NC2CCC(C)C2C)n1. The van der Waals surface area contributed by atoms with Crippen LogP contribution in [0.25, 0.3) is 0 Å². The van der Waals surface area contributed by atoms with E-state index in [9.17, 15) is 4.79 Å². The molecule has 3 atom stereocenters. The number of rotatable bonds is 4. The molecule has 1 aliphatic rings. The third kappa shape index (κ3) is 3.02. The molecule has 2 rings (SSSR count). The van der Waals surface area contributed by atoms with Crippen molar-refractivity contribution in [3.05, 3.63) is 11.1 Å². The summed E-state index contributed by atoms with van der Waals surface area (Å²) in [4.78, 5) is 15.6. The summed E-state index contributed by atoms with van der Waals surface area (Å²) in [6, 6.07) is 0.511. The van der Waals surface area contributed by atoms with E-state index >= 15 is 0 Å². The van der Waals surface area contributed by atoms with Crippen LogP contribution in [0.2, 0.25) is 0 Å². The number of hydrogen-bond acceptors (Lipinski definition) is 5. The van der Waals surface area contributed by atoms with Crippen LogP contribution in [0.3, 0.4) is 0 Å². The number of hydrogen-bond donors (Lipinski definition) is 1. The van der Waals surface area contributed by atoms with Crippen LogP contribution in [0.15, 0.2) is 5.38 Å². The fraction of sp³-hybridized carbons (Fsp3) is 0.692. The number of carbonyl (C=O) groups excluding carboxylic acids is 1. The summed E-state index contributed by atoms with van der Waals surface area (Å²) in [6.07, 6.45) is 2.73. The van der Waals surface area contributed by atoms with Gasteiger partial charge in [-0.25, -0.2) is 4.98 Å². The largest absolute Gasteiger partial charge is 0.469 e. The third-order valence-electron chi connectivity index (χ3n) is 3.88. The molecule has 0 amide bonds. The summed E-state index contributed by atoms with van der Waals surface area (Å²) in [6.45, 7) is 4.59. The second-order valence-electron chi connectivity index (χ2n) is 5.06. The van der Waals surface area contributed by atoms with Crippen molar-refractivity contribution in [2.75, 3.05) is 12.4 Å². The minimum atomic E-state index is -0.241. The van der Waals surface area contributed by atoms with E-state index < -0.39 is 0 Å². The van der Waals surface area contributed by atoms with Gasteiger partial charge in [0.05, 0.1) is 19.2 Å². The predicted molar refractivity (Wildman–Crippen MR) is 72.8 cm³/mol. The molecule has 0 aliphatic heterocycles. The van der Waals surface area contributed by atoms with Crippen molar-refractivity contribution in [2.24, 2.45) is 11.8 Å². The van der Waals surface area contributed by atoms with E-state index in [1.807, 2.05) is 5.38 Å². The quantitative estimate of drug-likeness (QED) is 0.853. The summed E-state index contributed by atoms with van der Waals surface area (Å²) in [5, 5.41) is 6.32. The van der Waals surface area contributed by atoms with Gasteiger partial charge in [0.1, 0.15) is 0 Å². The molecule has 1 N–H and O–H groups in total. The Bertz CT molecular complexity index is 419. The molecular weight excluding hydrogens is 248 g/mol. The van der Waals surface area contributed by atoms with Crippen LogP contribution in [0, 0.1) is 11.8 Å². The maximum atomic E-state index is 11.2. The minimum Gasteiger partial charge on any atom is -0.469 e. The highest BCUT2D eigenvalue weighted by molar-refractivity contribution is 7.13. The average Bonchev–Trinajstić information content (AvgIpc) is 2.91. The summed E-state index contributed by atoms with van der Waals surface area (Å²) in [5.41, 5.74) is 0.785. The molecule has 18 heavy (non-hydrogen) atoms. The second kappa shape index (κ2) is 5.69. The van der Waals surface area contributed by atoms with Crippen molar-refractivity contribution in [2.45, 2.75) is 39.2 Å². The standard InChI is InChI=1S/C13H20N2O2S/c1-8-4-5-11(9(8)2)15-13-14-10(7-18-13)6-12(16)17-3/h7-9,11H,4-6H2,1-3H3,(H,14,15). The molecule has 0 radical (unpaired) electrons. The molecule has 1 saturated carbocycles. The molecule has 1 fully saturated rings. The van der Waals surface area contributed by atoms with E-state index in [4.69, 9.17) is 0 Å². The Morgan fingerprint density at radius 3 is 2.94 bits per heavy atom. The van der Waals surface area contributed by atoms with Gasteiger partial charge < -0.3 is 10.1 Å². The first-order valence-corrected chi connectivity index (χ1v) is 7.26. The van der Waals surface area contributed by atoms with Crippen molar-refractivity contribution in [1.82, 2.24) is 4.98 Å². The minimum absolute atomic E-state index is 0.241. The lowest BCUT2D eigenvalue weighted by atomic mass is 9.98. The molecule has 0 bridgehead atoms. The van der Waals surface area contributed by atoms with E-state index in [1.165, 1.54) is 20.0 Å². The molecular formula is C13H20N2O2S. The predicted octanol–water partition coefficient (Wildman–Crippen LogP) is 2.71. The van der Waals surface area contributed by atoms with Crippen LogP contribution in [-0.4, -0.2) is 24.1 Å².